The minimum atomic E-state index is -0.172. The Morgan fingerprint density at radius 2 is 0.942 bits per heavy atom. The van der Waals surface area contributed by atoms with Crippen molar-refractivity contribution in [1.82, 2.24) is 15.0 Å². The maximum atomic E-state index is 6.29. The zero-order valence-corrected chi connectivity index (χ0v) is 28.8. The fourth-order valence-corrected chi connectivity index (χ4v) is 7.85. The molecular weight excluding hydrogens is 635 g/mol. The van der Waals surface area contributed by atoms with Crippen LogP contribution in [-0.2, 0) is 5.41 Å². The summed E-state index contributed by atoms with van der Waals surface area (Å²) >= 11 is 0. The molecule has 52 heavy (non-hydrogen) atoms. The molecule has 0 N–H and O–H groups in total. The Balaban J connectivity index is 1.07. The van der Waals surface area contributed by atoms with E-state index in [4.69, 9.17) is 19.4 Å². The van der Waals surface area contributed by atoms with Crippen LogP contribution in [-0.4, -0.2) is 15.0 Å². The second kappa shape index (κ2) is 11.7. The van der Waals surface area contributed by atoms with Crippen LogP contribution in [0.3, 0.4) is 0 Å². The van der Waals surface area contributed by atoms with Crippen LogP contribution in [0.15, 0.2) is 168 Å². The number of fused-ring (bicyclic) bond motifs is 7. The van der Waals surface area contributed by atoms with Gasteiger partial charge in [-0.15, -0.1) is 0 Å². The highest BCUT2D eigenvalue weighted by Gasteiger charge is 2.37. The molecule has 0 aliphatic heterocycles. The molecule has 0 radical (unpaired) electrons. The molecular formula is C48H33N3O. The molecule has 7 aromatic carbocycles. The smallest absolute Gasteiger partial charge is 0.164 e. The van der Waals surface area contributed by atoms with Crippen LogP contribution in [0.2, 0.25) is 0 Å². The van der Waals surface area contributed by atoms with E-state index >= 15 is 0 Å². The van der Waals surface area contributed by atoms with Gasteiger partial charge in [0.25, 0.3) is 0 Å². The molecule has 0 bridgehead atoms. The predicted octanol–water partition coefficient (Wildman–Crippen LogP) is 12.4. The molecule has 0 fully saturated rings. The van der Waals surface area contributed by atoms with Gasteiger partial charge < -0.3 is 4.42 Å². The lowest BCUT2D eigenvalue weighted by atomic mass is 9.81. The topological polar surface area (TPSA) is 51.8 Å². The summed E-state index contributed by atoms with van der Waals surface area (Å²) in [5.74, 6) is 1.93. The lowest BCUT2D eigenvalue weighted by molar-refractivity contribution is 0.657. The quantitative estimate of drug-likeness (QED) is 0.183. The van der Waals surface area contributed by atoms with E-state index in [0.717, 1.165) is 49.9 Å². The molecule has 0 saturated carbocycles. The van der Waals surface area contributed by atoms with Gasteiger partial charge in [0.1, 0.15) is 11.2 Å². The predicted molar refractivity (Wildman–Crippen MR) is 212 cm³/mol. The highest BCUT2D eigenvalue weighted by Crippen LogP contribution is 2.53. The first-order valence-electron chi connectivity index (χ1n) is 17.7. The highest BCUT2D eigenvalue weighted by atomic mass is 16.3. The lowest BCUT2D eigenvalue weighted by Crippen LogP contribution is -2.14. The van der Waals surface area contributed by atoms with Gasteiger partial charge in [-0.2, -0.15) is 0 Å². The third kappa shape index (κ3) is 4.87. The molecule has 0 amide bonds. The second-order valence-electron chi connectivity index (χ2n) is 14.0. The van der Waals surface area contributed by atoms with Crippen LogP contribution < -0.4 is 0 Å². The van der Waals surface area contributed by atoms with E-state index < -0.39 is 0 Å². The van der Waals surface area contributed by atoms with Crippen LogP contribution in [0, 0.1) is 0 Å². The van der Waals surface area contributed by atoms with Gasteiger partial charge in [-0.25, -0.2) is 15.0 Å². The summed E-state index contributed by atoms with van der Waals surface area (Å²) in [6.07, 6.45) is 0. The van der Waals surface area contributed by atoms with E-state index in [-0.39, 0.29) is 5.41 Å². The molecule has 4 nitrogen and oxygen atoms in total. The van der Waals surface area contributed by atoms with E-state index in [1.54, 1.807) is 0 Å². The number of hydrogen-bond donors (Lipinski definition) is 0. The van der Waals surface area contributed by atoms with Crippen molar-refractivity contribution in [3.05, 3.63) is 175 Å². The van der Waals surface area contributed by atoms with Crippen molar-refractivity contribution in [3.8, 4) is 67.5 Å². The first kappa shape index (κ1) is 30.2. The maximum absolute atomic E-state index is 6.29. The normalized spacial score (nSPS) is 13.0. The van der Waals surface area contributed by atoms with Crippen LogP contribution in [0.5, 0.6) is 0 Å². The molecule has 246 valence electrons. The summed E-state index contributed by atoms with van der Waals surface area (Å²) in [4.78, 5) is 15.1. The summed E-state index contributed by atoms with van der Waals surface area (Å²) in [5.41, 5.74) is 14.3. The zero-order chi connectivity index (χ0) is 34.8. The summed E-state index contributed by atoms with van der Waals surface area (Å²) in [6, 6.07) is 57.2. The van der Waals surface area contributed by atoms with Gasteiger partial charge >= 0.3 is 0 Å². The molecule has 0 unspecified atom stereocenters. The van der Waals surface area contributed by atoms with E-state index in [1.165, 1.54) is 33.2 Å². The van der Waals surface area contributed by atoms with Gasteiger partial charge in [0.2, 0.25) is 0 Å². The number of aromatic nitrogens is 3. The van der Waals surface area contributed by atoms with Gasteiger partial charge in [0.15, 0.2) is 17.5 Å². The molecule has 10 rings (SSSR count). The standard InChI is InChI=1S/C48H33N3O/c1-48(2)39-26-27-42-44(38-18-9-10-19-41(38)52-42)43(39)37-25-24-35(29-40(37)48)34-16-11-17-36(28-34)47-50-45(32-14-7-4-8-15-32)49-46(51-47)33-22-20-31(21-23-33)30-12-5-3-6-13-30/h3-29H,1-2H3. The molecule has 9 aromatic rings. The minimum Gasteiger partial charge on any atom is -0.456 e. The third-order valence-corrected chi connectivity index (χ3v) is 10.6. The minimum absolute atomic E-state index is 0.172. The van der Waals surface area contributed by atoms with E-state index in [9.17, 15) is 0 Å². The van der Waals surface area contributed by atoms with Gasteiger partial charge in [-0.05, 0) is 68.8 Å². The molecule has 1 aliphatic carbocycles. The Labute approximate surface area is 302 Å². The summed E-state index contributed by atoms with van der Waals surface area (Å²) in [5, 5.41) is 2.36. The van der Waals surface area contributed by atoms with Gasteiger partial charge in [0, 0.05) is 32.9 Å². The molecule has 0 saturated heterocycles. The molecule has 1 aliphatic rings. The number of para-hydroxylation sites is 1. The van der Waals surface area contributed by atoms with Crippen LogP contribution in [0.4, 0.5) is 0 Å². The number of benzene rings is 7. The first-order chi connectivity index (χ1) is 25.5. The summed E-state index contributed by atoms with van der Waals surface area (Å²) in [7, 11) is 0. The molecule has 2 aromatic heterocycles. The maximum Gasteiger partial charge on any atom is 0.164 e. The third-order valence-electron chi connectivity index (χ3n) is 10.6. The Hall–Kier alpha value is -6.65. The Morgan fingerprint density at radius 3 is 1.69 bits per heavy atom. The number of nitrogens with zero attached hydrogens (tertiary/aromatic N) is 3. The average Bonchev–Trinajstić information content (AvgIpc) is 3.70. The fraction of sp³-hybridized carbons (Fsp3) is 0.0625. The van der Waals surface area contributed by atoms with Crippen molar-refractivity contribution in [2.24, 2.45) is 0 Å². The molecule has 4 heteroatoms. The fourth-order valence-electron chi connectivity index (χ4n) is 7.85. The summed E-state index contributed by atoms with van der Waals surface area (Å²) < 4.78 is 6.29. The van der Waals surface area contributed by atoms with E-state index in [2.05, 4.69) is 135 Å². The van der Waals surface area contributed by atoms with Gasteiger partial charge in [-0.3, -0.25) is 0 Å². The number of hydrogen-bond acceptors (Lipinski definition) is 4. The highest BCUT2D eigenvalue weighted by molar-refractivity contribution is 6.15. The van der Waals surface area contributed by atoms with Gasteiger partial charge in [-0.1, -0.05) is 153 Å². The monoisotopic (exact) mass is 667 g/mol. The second-order valence-corrected chi connectivity index (χ2v) is 14.0. The van der Waals surface area contributed by atoms with Crippen molar-refractivity contribution in [3.63, 3.8) is 0 Å². The van der Waals surface area contributed by atoms with Gasteiger partial charge in [0.05, 0.1) is 0 Å². The lowest BCUT2D eigenvalue weighted by Gasteiger charge is -2.22. The van der Waals surface area contributed by atoms with Crippen LogP contribution >= 0.6 is 0 Å². The summed E-state index contributed by atoms with van der Waals surface area (Å²) in [6.45, 7) is 4.66. The Bertz CT molecular complexity index is 2800. The molecule has 0 spiro atoms. The van der Waals surface area contributed by atoms with Crippen molar-refractivity contribution in [2.45, 2.75) is 19.3 Å². The molecule has 2 heterocycles. The number of rotatable bonds is 5. The number of furan rings is 1. The van der Waals surface area contributed by atoms with E-state index in [1.807, 2.05) is 42.5 Å². The average molecular weight is 668 g/mol. The van der Waals surface area contributed by atoms with Crippen LogP contribution in [0.25, 0.3) is 89.5 Å². The van der Waals surface area contributed by atoms with Crippen molar-refractivity contribution >= 4 is 21.9 Å². The van der Waals surface area contributed by atoms with E-state index in [0.29, 0.717) is 17.5 Å². The van der Waals surface area contributed by atoms with Crippen molar-refractivity contribution in [1.29, 1.82) is 0 Å². The Kier molecular flexibility index (Phi) is 6.80. The first-order valence-corrected chi connectivity index (χ1v) is 17.7. The SMILES string of the molecule is CC1(C)c2cc(-c3cccc(-c4nc(-c5ccccc5)nc(-c5ccc(-c6ccccc6)cc5)n4)c3)ccc2-c2c1ccc1oc3ccccc3c21. The largest absolute Gasteiger partial charge is 0.456 e. The zero-order valence-electron chi connectivity index (χ0n) is 28.8. The molecule has 0 atom stereocenters. The van der Waals surface area contributed by atoms with Crippen LogP contribution in [0.1, 0.15) is 25.0 Å². The Morgan fingerprint density at radius 1 is 0.404 bits per heavy atom. The van der Waals surface area contributed by atoms with Crippen molar-refractivity contribution in [2.75, 3.05) is 0 Å². The van der Waals surface area contributed by atoms with Crippen molar-refractivity contribution < 1.29 is 4.42 Å².